The van der Waals surface area contributed by atoms with E-state index in [0.29, 0.717) is 15.3 Å². The van der Waals surface area contributed by atoms with Gasteiger partial charge in [-0.2, -0.15) is 0 Å². The second kappa shape index (κ2) is 6.19. The first-order chi connectivity index (χ1) is 9.51. The van der Waals surface area contributed by atoms with Crippen molar-refractivity contribution >= 4 is 44.9 Å². The number of carbonyl (C=O) groups is 1. The van der Waals surface area contributed by atoms with Gasteiger partial charge in [0.1, 0.15) is 11.6 Å². The van der Waals surface area contributed by atoms with E-state index in [0.717, 1.165) is 0 Å². The average Bonchev–Trinajstić information content (AvgIpc) is 2.41. The normalized spacial score (nSPS) is 10.2. The van der Waals surface area contributed by atoms with Crippen molar-refractivity contribution in [2.24, 2.45) is 0 Å². The zero-order valence-electron chi connectivity index (χ0n) is 10.4. The predicted octanol–water partition coefficient (Wildman–Crippen LogP) is 3.93. The van der Waals surface area contributed by atoms with E-state index in [1.54, 1.807) is 13.1 Å². The highest BCUT2D eigenvalue weighted by molar-refractivity contribution is 9.10. The number of amides is 1. The summed E-state index contributed by atoms with van der Waals surface area (Å²) in [7, 11) is 1.67. The van der Waals surface area contributed by atoms with Gasteiger partial charge in [0.05, 0.1) is 16.3 Å². The second-order valence-corrected chi connectivity index (χ2v) is 5.21. The van der Waals surface area contributed by atoms with Crippen LogP contribution < -0.4 is 10.6 Å². The number of nitrogens with one attached hydrogen (secondary N) is 2. The lowest BCUT2D eigenvalue weighted by atomic mass is 10.2. The summed E-state index contributed by atoms with van der Waals surface area (Å²) < 4.78 is 14.2. The molecule has 2 aromatic rings. The Bertz CT molecular complexity index is 666. The maximum Gasteiger partial charge on any atom is 0.257 e. The van der Waals surface area contributed by atoms with Crippen LogP contribution in [0.3, 0.4) is 0 Å². The summed E-state index contributed by atoms with van der Waals surface area (Å²) in [6, 6.07) is 5.83. The van der Waals surface area contributed by atoms with Crippen LogP contribution in [0.2, 0.25) is 5.02 Å². The van der Waals surface area contributed by atoms with E-state index in [2.05, 4.69) is 31.5 Å². The third-order valence-electron chi connectivity index (χ3n) is 2.52. The van der Waals surface area contributed by atoms with Crippen molar-refractivity contribution in [1.82, 2.24) is 4.98 Å². The highest BCUT2D eigenvalue weighted by Gasteiger charge is 2.12. The van der Waals surface area contributed by atoms with Gasteiger partial charge in [-0.25, -0.2) is 9.37 Å². The minimum absolute atomic E-state index is 0.0898. The van der Waals surface area contributed by atoms with E-state index in [9.17, 15) is 9.18 Å². The van der Waals surface area contributed by atoms with Gasteiger partial charge in [0.25, 0.3) is 5.91 Å². The monoisotopic (exact) mass is 357 g/mol. The van der Waals surface area contributed by atoms with Crippen LogP contribution in [0.1, 0.15) is 10.4 Å². The molecule has 0 radical (unpaired) electrons. The number of carbonyl (C=O) groups excluding carboxylic acids is 1. The summed E-state index contributed by atoms with van der Waals surface area (Å²) in [5.74, 6) is -0.542. The van der Waals surface area contributed by atoms with Gasteiger partial charge >= 0.3 is 0 Å². The number of halogens is 3. The number of rotatable bonds is 3. The molecule has 0 saturated heterocycles. The number of aromatic nitrogens is 1. The zero-order chi connectivity index (χ0) is 14.7. The fourth-order valence-corrected chi connectivity index (χ4v) is 2.13. The van der Waals surface area contributed by atoms with Gasteiger partial charge in [0.2, 0.25) is 0 Å². The topological polar surface area (TPSA) is 54.0 Å². The first-order valence-corrected chi connectivity index (χ1v) is 6.78. The largest absolute Gasteiger partial charge is 0.372 e. The van der Waals surface area contributed by atoms with E-state index in [1.807, 2.05) is 0 Å². The zero-order valence-corrected chi connectivity index (χ0v) is 12.7. The fourth-order valence-electron chi connectivity index (χ4n) is 1.53. The number of pyridine rings is 1. The Morgan fingerprint density at radius 3 is 2.75 bits per heavy atom. The lowest BCUT2D eigenvalue weighted by Crippen LogP contribution is -2.13. The molecule has 2 N–H and O–H groups in total. The Kier molecular flexibility index (Phi) is 4.57. The van der Waals surface area contributed by atoms with E-state index in [-0.39, 0.29) is 11.3 Å². The molecule has 0 saturated carbocycles. The summed E-state index contributed by atoms with van der Waals surface area (Å²) in [6.45, 7) is 0. The number of hydrogen-bond acceptors (Lipinski definition) is 3. The summed E-state index contributed by atoms with van der Waals surface area (Å²) >= 11 is 9.09. The lowest BCUT2D eigenvalue weighted by Gasteiger charge is -2.08. The Morgan fingerprint density at radius 1 is 1.40 bits per heavy atom. The second-order valence-electron chi connectivity index (χ2n) is 3.88. The SMILES string of the molecule is CNc1ncc(C(=O)Nc2ccc(Br)cc2F)cc1Cl. The quantitative estimate of drug-likeness (QED) is 0.874. The van der Waals surface area contributed by atoms with Gasteiger partial charge in [-0.05, 0) is 24.3 Å². The maximum atomic E-state index is 13.6. The number of benzene rings is 1. The van der Waals surface area contributed by atoms with Gasteiger partial charge in [0.15, 0.2) is 0 Å². The summed E-state index contributed by atoms with van der Waals surface area (Å²) in [5, 5.41) is 5.57. The molecular formula is C13H10BrClFN3O. The van der Waals surface area contributed by atoms with Crippen LogP contribution in [-0.4, -0.2) is 17.9 Å². The van der Waals surface area contributed by atoms with Crippen LogP contribution in [0.25, 0.3) is 0 Å². The van der Waals surface area contributed by atoms with E-state index < -0.39 is 11.7 Å². The molecule has 1 heterocycles. The van der Waals surface area contributed by atoms with Crippen LogP contribution in [0.4, 0.5) is 15.9 Å². The lowest BCUT2D eigenvalue weighted by molar-refractivity contribution is 0.102. The third-order valence-corrected chi connectivity index (χ3v) is 3.30. The molecule has 0 unspecified atom stereocenters. The number of hydrogen-bond donors (Lipinski definition) is 2. The number of anilines is 2. The molecule has 0 bridgehead atoms. The van der Waals surface area contributed by atoms with Crippen molar-refractivity contribution in [1.29, 1.82) is 0 Å². The molecule has 2 rings (SSSR count). The van der Waals surface area contributed by atoms with Crippen molar-refractivity contribution in [3.05, 3.63) is 51.3 Å². The molecule has 0 spiro atoms. The smallest absolute Gasteiger partial charge is 0.257 e. The van der Waals surface area contributed by atoms with E-state index in [1.165, 1.54) is 24.4 Å². The Hall–Kier alpha value is -1.66. The fraction of sp³-hybridized carbons (Fsp3) is 0.0769. The summed E-state index contributed by atoms with van der Waals surface area (Å²) in [4.78, 5) is 16.0. The van der Waals surface area contributed by atoms with Crippen LogP contribution in [-0.2, 0) is 0 Å². The molecule has 0 atom stereocenters. The van der Waals surface area contributed by atoms with Gasteiger partial charge in [-0.15, -0.1) is 0 Å². The Labute approximate surface area is 128 Å². The van der Waals surface area contributed by atoms with Crippen LogP contribution in [0, 0.1) is 5.82 Å². The molecule has 0 fully saturated rings. The third kappa shape index (κ3) is 3.26. The van der Waals surface area contributed by atoms with Crippen LogP contribution in [0.5, 0.6) is 0 Å². The molecule has 20 heavy (non-hydrogen) atoms. The number of nitrogens with zero attached hydrogens (tertiary/aromatic N) is 1. The molecule has 1 aromatic heterocycles. The van der Waals surface area contributed by atoms with Crippen molar-refractivity contribution in [3.63, 3.8) is 0 Å². The molecule has 4 nitrogen and oxygen atoms in total. The minimum atomic E-state index is -0.529. The first-order valence-electron chi connectivity index (χ1n) is 5.61. The van der Waals surface area contributed by atoms with Crippen molar-refractivity contribution < 1.29 is 9.18 Å². The molecule has 1 amide bonds. The van der Waals surface area contributed by atoms with Gasteiger partial charge in [-0.1, -0.05) is 27.5 Å². The summed E-state index contributed by atoms with van der Waals surface area (Å²) in [6.07, 6.45) is 1.36. The maximum absolute atomic E-state index is 13.6. The highest BCUT2D eigenvalue weighted by atomic mass is 79.9. The Morgan fingerprint density at radius 2 is 2.15 bits per heavy atom. The van der Waals surface area contributed by atoms with Crippen LogP contribution in [0.15, 0.2) is 34.9 Å². The van der Waals surface area contributed by atoms with Gasteiger partial charge < -0.3 is 10.6 Å². The van der Waals surface area contributed by atoms with Crippen molar-refractivity contribution in [3.8, 4) is 0 Å². The molecule has 0 aliphatic carbocycles. The minimum Gasteiger partial charge on any atom is -0.372 e. The predicted molar refractivity (Wildman–Crippen MR) is 80.8 cm³/mol. The molecule has 104 valence electrons. The van der Waals surface area contributed by atoms with Gasteiger partial charge in [-0.3, -0.25) is 4.79 Å². The molecule has 0 aliphatic rings. The van der Waals surface area contributed by atoms with Crippen molar-refractivity contribution in [2.45, 2.75) is 0 Å². The van der Waals surface area contributed by atoms with E-state index in [4.69, 9.17) is 11.6 Å². The molecule has 0 aliphatic heterocycles. The Balaban J connectivity index is 2.21. The van der Waals surface area contributed by atoms with Crippen molar-refractivity contribution in [2.75, 3.05) is 17.7 Å². The van der Waals surface area contributed by atoms with Crippen LogP contribution >= 0.6 is 27.5 Å². The highest BCUT2D eigenvalue weighted by Crippen LogP contribution is 2.22. The van der Waals surface area contributed by atoms with Gasteiger partial charge in [0, 0.05) is 17.7 Å². The van der Waals surface area contributed by atoms with E-state index >= 15 is 0 Å². The average molecular weight is 359 g/mol. The summed E-state index contributed by atoms with van der Waals surface area (Å²) in [5.41, 5.74) is 0.336. The first kappa shape index (κ1) is 14.7. The molecule has 1 aromatic carbocycles. The molecule has 7 heteroatoms. The molecular weight excluding hydrogens is 349 g/mol. The standard InChI is InChI=1S/C13H10BrClFN3O/c1-17-12-9(15)4-7(6-18-12)13(20)19-11-3-2-8(14)5-10(11)16/h2-6H,1H3,(H,17,18)(H,19,20).